The zero-order valence-corrected chi connectivity index (χ0v) is 21.5. The summed E-state index contributed by atoms with van der Waals surface area (Å²) in [4.78, 5) is 100. The highest BCUT2D eigenvalue weighted by atomic mass is 31.2. The first kappa shape index (κ1) is 33.7. The van der Waals surface area contributed by atoms with E-state index in [1.165, 1.54) is 0 Å². The summed E-state index contributed by atoms with van der Waals surface area (Å²) in [5.41, 5.74) is 0. The summed E-state index contributed by atoms with van der Waals surface area (Å²) in [5, 5.41) is 0. The molecule has 210 valence electrons. The predicted molar refractivity (Wildman–Crippen MR) is 101 cm³/mol. The predicted octanol–water partition coefficient (Wildman–Crippen LogP) is -2.84. The van der Waals surface area contributed by atoms with Crippen molar-refractivity contribution in [2.45, 2.75) is 36.6 Å². The van der Waals surface area contributed by atoms with Crippen molar-refractivity contribution in [2.75, 3.05) is 0 Å². The maximum atomic E-state index is 11.4. The van der Waals surface area contributed by atoms with Crippen molar-refractivity contribution in [1.29, 1.82) is 0 Å². The fraction of sp³-hybridized carbons (Fsp3) is 1.00. The number of hydrogen-bond acceptors (Lipinski definition) is 12. The largest absolute Gasteiger partial charge is 0.470 e. The molecule has 1 aliphatic rings. The van der Waals surface area contributed by atoms with Crippen molar-refractivity contribution in [3.8, 4) is 0 Å². The number of rotatable bonds is 12. The Labute approximate surface area is 193 Å². The van der Waals surface area contributed by atoms with E-state index in [-0.39, 0.29) is 0 Å². The summed E-state index contributed by atoms with van der Waals surface area (Å²) in [7, 11) is -34.1. The molecule has 1 fully saturated rings. The highest BCUT2D eigenvalue weighted by Crippen LogP contribution is 2.56. The highest BCUT2D eigenvalue weighted by Gasteiger charge is 2.62. The van der Waals surface area contributed by atoms with Gasteiger partial charge in [-0.3, -0.25) is 27.2 Å². The topological polar surface area (TPSA) is 380 Å². The maximum absolute atomic E-state index is 11.4. The average molecular weight is 644 g/mol. The standard InChI is InChI=1S/C6H18O23P6/c7-30(8)24-1-2(25-31(9,10)11)4(27-33(15,16)17)6(29-35(21,22)23)5(28-34(18,19)20)3(1)26-32(12,13)14/h1-6,30H,(H,7,8)(H2,9,10,11)(H2,12,13,14)(H2,15,16,17)(H2,18,19,20)(H2,21,22,23)/t1-,2-,3+,4-,5-,6-/m0/s1. The van der Waals surface area contributed by atoms with Crippen LogP contribution in [0, 0.1) is 0 Å². The molecular formula is C6H18O23P6. The van der Waals surface area contributed by atoms with Gasteiger partial charge in [0.1, 0.15) is 36.6 Å². The van der Waals surface area contributed by atoms with Gasteiger partial charge in [0.15, 0.2) is 0 Å². The number of phosphoric ester groups is 5. The van der Waals surface area contributed by atoms with Gasteiger partial charge in [-0.1, -0.05) is 0 Å². The van der Waals surface area contributed by atoms with Crippen LogP contribution in [0.3, 0.4) is 0 Å². The zero-order valence-electron chi connectivity index (χ0n) is 16.0. The third-order valence-corrected chi connectivity index (χ3v) is 6.54. The SMILES string of the molecule is O=[PH](O)O[C@@H]1[C@@H](OP(=O)(O)O)[C@H](OP(=O)(O)O)[C@@H](OP(=O)(O)O)[C@@H](OP(=O)(O)O)[C@H]1OP(=O)(O)O. The summed E-state index contributed by atoms with van der Waals surface area (Å²) >= 11 is 0. The molecule has 0 amide bonds. The van der Waals surface area contributed by atoms with E-state index in [0.29, 0.717) is 0 Å². The minimum absolute atomic E-state index is 2.86. The second kappa shape index (κ2) is 11.8. The molecule has 0 aliphatic heterocycles. The van der Waals surface area contributed by atoms with E-state index in [1.54, 1.807) is 0 Å². The Hall–Kier alpha value is 0.700. The van der Waals surface area contributed by atoms with Crippen molar-refractivity contribution < 1.29 is 108 Å². The fourth-order valence-electron chi connectivity index (χ4n) is 2.76. The Morgan fingerprint density at radius 1 is 0.429 bits per heavy atom. The summed E-state index contributed by atoms with van der Waals surface area (Å²) < 4.78 is 93.4. The molecule has 1 aliphatic carbocycles. The maximum Gasteiger partial charge on any atom is 0.470 e. The molecule has 1 rings (SSSR count). The van der Waals surface area contributed by atoms with Gasteiger partial charge in [-0.2, -0.15) is 0 Å². The Balaban J connectivity index is 3.98. The van der Waals surface area contributed by atoms with E-state index in [2.05, 4.69) is 27.1 Å². The third kappa shape index (κ3) is 12.9. The molecule has 29 heteroatoms. The fourth-order valence-corrected chi connectivity index (χ4v) is 6.05. The third-order valence-electron chi connectivity index (χ3n) is 3.47. The van der Waals surface area contributed by atoms with Crippen molar-refractivity contribution in [3.63, 3.8) is 0 Å². The van der Waals surface area contributed by atoms with E-state index in [1.807, 2.05) is 0 Å². The smallest absolute Gasteiger partial charge is 0.326 e. The van der Waals surface area contributed by atoms with Gasteiger partial charge in [0.25, 0.3) is 0 Å². The van der Waals surface area contributed by atoms with E-state index in [0.717, 1.165) is 0 Å². The second-order valence-electron chi connectivity index (χ2n) is 6.15. The van der Waals surface area contributed by atoms with Crippen LogP contribution < -0.4 is 0 Å². The van der Waals surface area contributed by atoms with Crippen molar-refractivity contribution in [1.82, 2.24) is 0 Å². The van der Waals surface area contributed by atoms with Crippen LogP contribution in [0.15, 0.2) is 0 Å². The van der Waals surface area contributed by atoms with Crippen LogP contribution in [-0.2, 0) is 54.5 Å². The summed E-state index contributed by atoms with van der Waals surface area (Å²) in [6, 6.07) is 0. The Morgan fingerprint density at radius 3 is 0.743 bits per heavy atom. The van der Waals surface area contributed by atoms with Gasteiger partial charge < -0.3 is 58.4 Å². The van der Waals surface area contributed by atoms with Crippen LogP contribution in [0.2, 0.25) is 0 Å². The molecule has 0 aromatic carbocycles. The van der Waals surface area contributed by atoms with Gasteiger partial charge in [0.05, 0.1) is 0 Å². The minimum Gasteiger partial charge on any atom is -0.326 e. The molecule has 23 nitrogen and oxygen atoms in total. The molecule has 0 saturated heterocycles. The first-order valence-electron chi connectivity index (χ1n) is 7.87. The van der Waals surface area contributed by atoms with Crippen molar-refractivity contribution in [3.05, 3.63) is 0 Å². The first-order valence-corrected chi connectivity index (χ1v) is 16.8. The molecule has 0 aromatic heterocycles. The van der Waals surface area contributed by atoms with Crippen LogP contribution in [0.4, 0.5) is 0 Å². The Morgan fingerprint density at radius 2 is 0.600 bits per heavy atom. The number of phosphoric acid groups is 5. The molecule has 0 heterocycles. The number of hydrogen-bond donors (Lipinski definition) is 11. The lowest BCUT2D eigenvalue weighted by Crippen LogP contribution is -2.66. The van der Waals surface area contributed by atoms with Crippen LogP contribution in [0.1, 0.15) is 0 Å². The minimum atomic E-state index is -5.95. The average Bonchev–Trinajstić information content (AvgIpc) is 2.51. The molecule has 0 radical (unpaired) electrons. The van der Waals surface area contributed by atoms with Gasteiger partial charge >= 0.3 is 47.4 Å². The lowest BCUT2D eigenvalue weighted by Gasteiger charge is -2.48. The molecule has 1 saturated carbocycles. The lowest BCUT2D eigenvalue weighted by molar-refractivity contribution is -0.199. The van der Waals surface area contributed by atoms with Gasteiger partial charge in [-0.05, 0) is 0 Å². The van der Waals surface area contributed by atoms with Gasteiger partial charge in [-0.25, -0.2) is 22.8 Å². The Bertz CT molecular complexity index is 932. The second-order valence-corrected chi connectivity index (χ2v) is 12.9. The van der Waals surface area contributed by atoms with E-state index < -0.39 is 84.0 Å². The Kier molecular flexibility index (Phi) is 11.4. The van der Waals surface area contributed by atoms with Crippen LogP contribution in [0.5, 0.6) is 0 Å². The van der Waals surface area contributed by atoms with E-state index in [4.69, 9.17) is 53.8 Å². The molecule has 35 heavy (non-hydrogen) atoms. The lowest BCUT2D eigenvalue weighted by atomic mass is 9.85. The molecule has 0 bridgehead atoms. The van der Waals surface area contributed by atoms with Crippen LogP contribution in [0.25, 0.3) is 0 Å². The first-order chi connectivity index (χ1) is 15.3. The zero-order chi connectivity index (χ0) is 27.8. The van der Waals surface area contributed by atoms with Crippen molar-refractivity contribution >= 4 is 47.4 Å². The highest BCUT2D eigenvalue weighted by molar-refractivity contribution is 7.47. The van der Waals surface area contributed by atoms with Crippen LogP contribution in [-0.4, -0.2) is 90.5 Å². The van der Waals surface area contributed by atoms with Crippen molar-refractivity contribution in [2.24, 2.45) is 0 Å². The van der Waals surface area contributed by atoms with Gasteiger partial charge in [0, 0.05) is 0 Å². The van der Waals surface area contributed by atoms with Gasteiger partial charge in [0.2, 0.25) is 0 Å². The normalized spacial score (nSPS) is 30.3. The van der Waals surface area contributed by atoms with E-state index >= 15 is 0 Å². The molecule has 0 spiro atoms. The van der Waals surface area contributed by atoms with Gasteiger partial charge in [-0.15, -0.1) is 0 Å². The molecular weight excluding hydrogens is 626 g/mol. The van der Waals surface area contributed by atoms with Crippen LogP contribution >= 0.6 is 47.4 Å². The molecule has 11 N–H and O–H groups in total. The molecule has 0 aromatic rings. The van der Waals surface area contributed by atoms with E-state index in [9.17, 15) is 27.4 Å². The monoisotopic (exact) mass is 644 g/mol. The molecule has 1 unspecified atom stereocenters. The summed E-state index contributed by atoms with van der Waals surface area (Å²) in [5.74, 6) is 0. The summed E-state index contributed by atoms with van der Waals surface area (Å²) in [6.45, 7) is 0. The summed E-state index contributed by atoms with van der Waals surface area (Å²) in [6.07, 6.45) is -17.9. The quantitative estimate of drug-likeness (QED) is 0.0952. The molecule has 7 atom stereocenters.